The van der Waals surface area contributed by atoms with Gasteiger partial charge in [0.1, 0.15) is 0 Å². The van der Waals surface area contributed by atoms with Gasteiger partial charge >= 0.3 is 5.97 Å². The first kappa shape index (κ1) is 20.8. The third-order valence-electron chi connectivity index (χ3n) is 4.88. The fourth-order valence-electron chi connectivity index (χ4n) is 3.33. The molecule has 0 aliphatic carbocycles. The normalized spacial score (nSPS) is 21.1. The Morgan fingerprint density at radius 3 is 2.36 bits per heavy atom. The Hall–Kier alpha value is -1.97. The Labute approximate surface area is 165 Å². The van der Waals surface area contributed by atoms with E-state index in [-0.39, 0.29) is 4.90 Å². The van der Waals surface area contributed by atoms with E-state index >= 15 is 0 Å². The molecule has 0 bridgehead atoms. The zero-order valence-corrected chi connectivity index (χ0v) is 16.6. The number of carbonyl (C=O) groups is 2. The minimum atomic E-state index is -3.52. The fraction of sp³-hybridized carbons (Fsp3) is 0.579. The van der Waals surface area contributed by atoms with Gasteiger partial charge in [-0.15, -0.1) is 0 Å². The molecule has 8 nitrogen and oxygen atoms in total. The molecule has 2 aliphatic rings. The molecule has 1 amide bonds. The second-order valence-electron chi connectivity index (χ2n) is 7.00. The first-order valence-corrected chi connectivity index (χ1v) is 11.1. The number of nitrogens with zero attached hydrogens (tertiary/aromatic N) is 1. The average Bonchev–Trinajstić information content (AvgIpc) is 3.08. The highest BCUT2D eigenvalue weighted by molar-refractivity contribution is 7.89. The van der Waals surface area contributed by atoms with Crippen molar-refractivity contribution >= 4 is 27.6 Å². The molecule has 1 atom stereocenters. The number of anilines is 1. The summed E-state index contributed by atoms with van der Waals surface area (Å²) in [6.07, 6.45) is 4.67. The quantitative estimate of drug-likeness (QED) is 0.719. The Morgan fingerprint density at radius 2 is 1.75 bits per heavy atom. The van der Waals surface area contributed by atoms with Gasteiger partial charge < -0.3 is 14.8 Å². The molecule has 0 unspecified atom stereocenters. The number of rotatable bonds is 6. The lowest BCUT2D eigenvalue weighted by molar-refractivity contribution is -0.156. The lowest BCUT2D eigenvalue weighted by atomic mass is 10.2. The molecule has 2 heterocycles. The van der Waals surface area contributed by atoms with Crippen LogP contribution in [0.1, 0.15) is 38.5 Å². The van der Waals surface area contributed by atoms with Crippen molar-refractivity contribution in [1.29, 1.82) is 0 Å². The number of benzene rings is 1. The highest BCUT2D eigenvalue weighted by Gasteiger charge is 2.26. The third-order valence-corrected chi connectivity index (χ3v) is 6.79. The third kappa shape index (κ3) is 5.30. The van der Waals surface area contributed by atoms with E-state index in [1.54, 1.807) is 0 Å². The van der Waals surface area contributed by atoms with Crippen molar-refractivity contribution in [1.82, 2.24) is 4.31 Å². The fourth-order valence-corrected chi connectivity index (χ4v) is 4.85. The van der Waals surface area contributed by atoms with Crippen LogP contribution in [0.2, 0.25) is 0 Å². The van der Waals surface area contributed by atoms with Crippen LogP contribution >= 0.6 is 0 Å². The number of hydrogen-bond donors (Lipinski definition) is 1. The largest absolute Gasteiger partial charge is 0.454 e. The van der Waals surface area contributed by atoms with E-state index in [1.807, 2.05) is 0 Å². The van der Waals surface area contributed by atoms with E-state index in [0.29, 0.717) is 31.8 Å². The summed E-state index contributed by atoms with van der Waals surface area (Å²) in [5, 5.41) is 2.59. The van der Waals surface area contributed by atoms with E-state index in [9.17, 15) is 18.0 Å². The Bertz CT molecular complexity index is 779. The number of esters is 1. The van der Waals surface area contributed by atoms with Gasteiger partial charge in [0.05, 0.1) is 4.90 Å². The van der Waals surface area contributed by atoms with Crippen LogP contribution in [0, 0.1) is 0 Å². The first-order chi connectivity index (χ1) is 13.5. The zero-order chi connectivity index (χ0) is 20.0. The van der Waals surface area contributed by atoms with Crippen LogP contribution in [0.4, 0.5) is 5.69 Å². The van der Waals surface area contributed by atoms with Crippen molar-refractivity contribution in [3.63, 3.8) is 0 Å². The molecule has 2 saturated heterocycles. The highest BCUT2D eigenvalue weighted by Crippen LogP contribution is 2.22. The van der Waals surface area contributed by atoms with Gasteiger partial charge in [0.25, 0.3) is 5.91 Å². The summed E-state index contributed by atoms with van der Waals surface area (Å²) in [7, 11) is -3.52. The number of nitrogens with one attached hydrogen (secondary N) is 1. The van der Waals surface area contributed by atoms with Gasteiger partial charge in [0.15, 0.2) is 12.7 Å². The summed E-state index contributed by atoms with van der Waals surface area (Å²) in [5.74, 6) is -1.03. The second-order valence-corrected chi connectivity index (χ2v) is 8.94. The van der Waals surface area contributed by atoms with Crippen LogP contribution in [-0.2, 0) is 29.1 Å². The smallest absolute Gasteiger partial charge is 0.335 e. The van der Waals surface area contributed by atoms with Gasteiger partial charge in [0.2, 0.25) is 10.0 Å². The molecule has 0 spiro atoms. The predicted octanol–water partition coefficient (Wildman–Crippen LogP) is 1.91. The molecule has 0 saturated carbocycles. The second kappa shape index (κ2) is 9.49. The Morgan fingerprint density at radius 1 is 1.07 bits per heavy atom. The summed E-state index contributed by atoms with van der Waals surface area (Å²) < 4.78 is 37.2. The molecule has 2 fully saturated rings. The molecular weight excluding hydrogens is 384 g/mol. The number of ether oxygens (including phenoxy) is 2. The molecule has 0 radical (unpaired) electrons. The number of sulfonamides is 1. The van der Waals surface area contributed by atoms with Gasteiger partial charge in [0, 0.05) is 25.4 Å². The number of hydrogen-bond acceptors (Lipinski definition) is 6. The molecule has 1 aromatic rings. The van der Waals surface area contributed by atoms with Gasteiger partial charge in [-0.25, -0.2) is 13.2 Å². The Balaban J connectivity index is 1.53. The molecule has 154 valence electrons. The minimum Gasteiger partial charge on any atom is -0.454 e. The molecule has 0 aromatic heterocycles. The predicted molar refractivity (Wildman–Crippen MR) is 102 cm³/mol. The molecule has 28 heavy (non-hydrogen) atoms. The van der Waals surface area contributed by atoms with Gasteiger partial charge in [-0.3, -0.25) is 4.79 Å². The van der Waals surface area contributed by atoms with Gasteiger partial charge in [-0.1, -0.05) is 12.8 Å². The van der Waals surface area contributed by atoms with E-state index in [0.717, 1.165) is 32.1 Å². The van der Waals surface area contributed by atoms with E-state index in [2.05, 4.69) is 5.32 Å². The Kier molecular flexibility index (Phi) is 7.03. The number of carbonyl (C=O) groups excluding carboxylic acids is 2. The number of amides is 1. The van der Waals surface area contributed by atoms with Crippen LogP contribution in [-0.4, -0.2) is 57.0 Å². The molecule has 3 rings (SSSR count). The maximum atomic E-state index is 12.7. The van der Waals surface area contributed by atoms with Crippen LogP contribution in [0.3, 0.4) is 0 Å². The average molecular weight is 410 g/mol. The summed E-state index contributed by atoms with van der Waals surface area (Å²) in [5.41, 5.74) is 0.438. The van der Waals surface area contributed by atoms with Crippen LogP contribution in [0.15, 0.2) is 29.2 Å². The monoisotopic (exact) mass is 410 g/mol. The lowest BCUT2D eigenvalue weighted by Crippen LogP contribution is -2.31. The summed E-state index contributed by atoms with van der Waals surface area (Å²) >= 11 is 0. The summed E-state index contributed by atoms with van der Waals surface area (Å²) in [6.45, 7) is 1.19. The van der Waals surface area contributed by atoms with E-state index < -0.39 is 34.6 Å². The SMILES string of the molecule is O=C(COC(=O)[C@@H]1CCCO1)Nc1ccc(S(=O)(=O)N2CCCCCC2)cc1. The summed E-state index contributed by atoms with van der Waals surface area (Å²) in [6, 6.07) is 6.03. The molecule has 1 aromatic carbocycles. The standard InChI is InChI=1S/C19H26N2O6S/c22-18(14-27-19(23)17-6-5-13-26-17)20-15-7-9-16(10-8-15)28(24,25)21-11-3-1-2-4-12-21/h7-10,17H,1-6,11-14H2,(H,20,22)/t17-/m0/s1. The zero-order valence-electron chi connectivity index (χ0n) is 15.8. The van der Waals surface area contributed by atoms with Crippen molar-refractivity contribution in [2.75, 3.05) is 31.6 Å². The van der Waals surface area contributed by atoms with Gasteiger partial charge in [-0.05, 0) is 49.9 Å². The van der Waals surface area contributed by atoms with Crippen molar-refractivity contribution < 1.29 is 27.5 Å². The lowest BCUT2D eigenvalue weighted by Gasteiger charge is -2.20. The summed E-state index contributed by atoms with van der Waals surface area (Å²) in [4.78, 5) is 23.9. The van der Waals surface area contributed by atoms with Crippen LogP contribution in [0.25, 0.3) is 0 Å². The molecular formula is C19H26N2O6S. The van der Waals surface area contributed by atoms with Crippen molar-refractivity contribution in [2.45, 2.75) is 49.5 Å². The van der Waals surface area contributed by atoms with Gasteiger partial charge in [-0.2, -0.15) is 4.31 Å². The van der Waals surface area contributed by atoms with Crippen molar-refractivity contribution in [3.05, 3.63) is 24.3 Å². The molecule has 1 N–H and O–H groups in total. The van der Waals surface area contributed by atoms with Crippen LogP contribution in [0.5, 0.6) is 0 Å². The molecule has 9 heteroatoms. The molecule has 2 aliphatic heterocycles. The minimum absolute atomic E-state index is 0.206. The van der Waals surface area contributed by atoms with E-state index in [1.165, 1.54) is 28.6 Å². The van der Waals surface area contributed by atoms with Crippen LogP contribution < -0.4 is 5.32 Å². The maximum Gasteiger partial charge on any atom is 0.335 e. The van der Waals surface area contributed by atoms with Crippen molar-refractivity contribution in [2.24, 2.45) is 0 Å². The first-order valence-electron chi connectivity index (χ1n) is 9.65. The topological polar surface area (TPSA) is 102 Å². The highest BCUT2D eigenvalue weighted by atomic mass is 32.2. The van der Waals surface area contributed by atoms with E-state index in [4.69, 9.17) is 9.47 Å². The maximum absolute atomic E-state index is 12.7. The van der Waals surface area contributed by atoms with Crippen molar-refractivity contribution in [3.8, 4) is 0 Å².